The highest BCUT2D eigenvalue weighted by atomic mass is 32.2. The Kier molecular flexibility index (Phi) is 5.78. The van der Waals surface area contributed by atoms with Gasteiger partial charge in [-0.2, -0.15) is 0 Å². The fourth-order valence-electron chi connectivity index (χ4n) is 2.53. The van der Waals surface area contributed by atoms with Crippen LogP contribution in [-0.4, -0.2) is 26.3 Å². The lowest BCUT2D eigenvalue weighted by molar-refractivity contribution is -0.115. The molecule has 7 heteroatoms. The molecule has 0 saturated carbocycles. The summed E-state index contributed by atoms with van der Waals surface area (Å²) in [5.41, 5.74) is 2.76. The van der Waals surface area contributed by atoms with E-state index in [9.17, 15) is 4.79 Å². The van der Waals surface area contributed by atoms with E-state index >= 15 is 0 Å². The maximum Gasteiger partial charge on any atom is 0.277 e. The van der Waals surface area contributed by atoms with Crippen molar-refractivity contribution >= 4 is 23.4 Å². The van der Waals surface area contributed by atoms with Gasteiger partial charge in [0.15, 0.2) is 0 Å². The fourth-order valence-corrected chi connectivity index (χ4v) is 3.21. The van der Waals surface area contributed by atoms with Crippen molar-refractivity contribution in [2.75, 3.05) is 5.32 Å². The molecule has 2 N–H and O–H groups in total. The lowest BCUT2D eigenvalue weighted by Crippen LogP contribution is -2.23. The zero-order chi connectivity index (χ0) is 18.5. The lowest BCUT2D eigenvalue weighted by Gasteiger charge is -2.17. The highest BCUT2D eigenvalue weighted by Crippen LogP contribution is 2.29. The molecular weight excluding hydrogens is 348 g/mol. The van der Waals surface area contributed by atoms with Crippen LogP contribution in [0.1, 0.15) is 38.7 Å². The molecule has 136 valence electrons. The van der Waals surface area contributed by atoms with Gasteiger partial charge in [0.25, 0.3) is 11.1 Å². The zero-order valence-electron chi connectivity index (χ0n) is 15.0. The van der Waals surface area contributed by atoms with Crippen LogP contribution in [-0.2, 0) is 4.79 Å². The molecule has 0 aliphatic heterocycles. The molecule has 1 aromatic carbocycles. The fraction of sp³-hybridized carbons (Fsp3) is 0.316. The standard InChI is InChI=1S/C19H22N4O2S/c1-4-12(2)14-8-5-6-9-15(14)21-17(24)13(3)26-19-23-22-18(25-19)16-10-7-11-20-16/h5-13,20H,4H2,1-3H3,(H,21,24). The molecule has 0 fully saturated rings. The van der Waals surface area contributed by atoms with Gasteiger partial charge in [-0.25, -0.2) is 0 Å². The Morgan fingerprint density at radius 1 is 1.23 bits per heavy atom. The number of aromatic nitrogens is 3. The van der Waals surface area contributed by atoms with Gasteiger partial charge in [-0.15, -0.1) is 10.2 Å². The first-order chi connectivity index (χ1) is 12.6. The summed E-state index contributed by atoms with van der Waals surface area (Å²) in [6.45, 7) is 6.12. The van der Waals surface area contributed by atoms with Gasteiger partial charge >= 0.3 is 0 Å². The largest absolute Gasteiger partial charge is 0.410 e. The summed E-state index contributed by atoms with van der Waals surface area (Å²) in [7, 11) is 0. The van der Waals surface area contributed by atoms with E-state index < -0.39 is 0 Å². The second-order valence-electron chi connectivity index (χ2n) is 6.10. The average molecular weight is 370 g/mol. The molecule has 2 aromatic heterocycles. The molecule has 0 aliphatic carbocycles. The maximum absolute atomic E-state index is 12.6. The van der Waals surface area contributed by atoms with Gasteiger partial charge in [0.05, 0.1) is 5.25 Å². The van der Waals surface area contributed by atoms with Crippen LogP contribution >= 0.6 is 11.8 Å². The van der Waals surface area contributed by atoms with Crippen molar-refractivity contribution in [1.82, 2.24) is 15.2 Å². The number of hydrogen-bond acceptors (Lipinski definition) is 5. The molecule has 0 saturated heterocycles. The molecule has 3 aromatic rings. The Bertz CT molecular complexity index is 860. The van der Waals surface area contributed by atoms with Gasteiger partial charge in [-0.05, 0) is 43.0 Å². The van der Waals surface area contributed by atoms with Crippen LogP contribution in [0.5, 0.6) is 0 Å². The van der Waals surface area contributed by atoms with E-state index in [-0.39, 0.29) is 11.2 Å². The third-order valence-electron chi connectivity index (χ3n) is 4.24. The number of amides is 1. The monoisotopic (exact) mass is 370 g/mol. The summed E-state index contributed by atoms with van der Waals surface area (Å²) in [5.74, 6) is 0.700. The SMILES string of the molecule is CCC(C)c1ccccc1NC(=O)C(C)Sc1nnc(-c2ccc[nH]2)o1. The van der Waals surface area contributed by atoms with E-state index in [4.69, 9.17) is 4.42 Å². The van der Waals surface area contributed by atoms with Crippen LogP contribution < -0.4 is 5.32 Å². The van der Waals surface area contributed by atoms with E-state index in [1.54, 1.807) is 6.20 Å². The van der Waals surface area contributed by atoms with Crippen molar-refractivity contribution in [1.29, 1.82) is 0 Å². The lowest BCUT2D eigenvalue weighted by atomic mass is 9.97. The molecule has 6 nitrogen and oxygen atoms in total. The Hall–Kier alpha value is -2.54. The smallest absolute Gasteiger partial charge is 0.277 e. The molecule has 3 rings (SSSR count). The highest BCUT2D eigenvalue weighted by Gasteiger charge is 2.20. The van der Waals surface area contributed by atoms with Crippen molar-refractivity contribution < 1.29 is 9.21 Å². The van der Waals surface area contributed by atoms with Gasteiger partial charge in [-0.1, -0.05) is 43.8 Å². The third kappa shape index (κ3) is 4.16. The zero-order valence-corrected chi connectivity index (χ0v) is 15.8. The van der Waals surface area contributed by atoms with Gasteiger partial charge in [0.2, 0.25) is 5.91 Å². The predicted molar refractivity (Wildman–Crippen MR) is 103 cm³/mol. The predicted octanol–water partition coefficient (Wildman–Crippen LogP) is 4.70. The minimum absolute atomic E-state index is 0.0922. The first-order valence-corrected chi connectivity index (χ1v) is 9.50. The average Bonchev–Trinajstić information content (AvgIpc) is 3.33. The quantitative estimate of drug-likeness (QED) is 0.589. The highest BCUT2D eigenvalue weighted by molar-refractivity contribution is 8.00. The summed E-state index contributed by atoms with van der Waals surface area (Å²) < 4.78 is 5.61. The van der Waals surface area contributed by atoms with Crippen LogP contribution in [0, 0.1) is 0 Å². The molecule has 0 bridgehead atoms. The number of H-pyrrole nitrogens is 1. The molecule has 2 atom stereocenters. The number of para-hydroxylation sites is 1. The van der Waals surface area contributed by atoms with Crippen LogP contribution in [0.2, 0.25) is 0 Å². The van der Waals surface area contributed by atoms with Crippen LogP contribution in [0.3, 0.4) is 0 Å². The van der Waals surface area contributed by atoms with Crippen LogP contribution in [0.15, 0.2) is 52.2 Å². The van der Waals surface area contributed by atoms with Crippen molar-refractivity contribution in [2.24, 2.45) is 0 Å². The number of benzene rings is 1. The second-order valence-corrected chi connectivity index (χ2v) is 7.39. The summed E-state index contributed by atoms with van der Waals surface area (Å²) in [6.07, 6.45) is 2.80. The number of carbonyl (C=O) groups excluding carboxylic acids is 1. The molecule has 1 amide bonds. The third-order valence-corrected chi connectivity index (χ3v) is 5.18. The molecule has 2 heterocycles. The number of thioether (sulfide) groups is 1. The van der Waals surface area contributed by atoms with Gasteiger partial charge < -0.3 is 14.7 Å². The number of carbonyl (C=O) groups is 1. The van der Waals surface area contributed by atoms with E-state index in [1.165, 1.54) is 11.8 Å². The Morgan fingerprint density at radius 3 is 2.77 bits per heavy atom. The number of nitrogens with zero attached hydrogens (tertiary/aromatic N) is 2. The Labute approximate surface area is 156 Å². The molecule has 0 aliphatic rings. The Balaban J connectivity index is 1.66. The number of anilines is 1. The van der Waals surface area contributed by atoms with Crippen molar-refractivity contribution in [2.45, 2.75) is 43.6 Å². The molecule has 26 heavy (non-hydrogen) atoms. The minimum atomic E-state index is -0.364. The van der Waals surface area contributed by atoms with Gasteiger partial charge in [-0.3, -0.25) is 4.79 Å². The van der Waals surface area contributed by atoms with E-state index in [0.29, 0.717) is 17.0 Å². The van der Waals surface area contributed by atoms with E-state index in [1.807, 2.05) is 37.3 Å². The maximum atomic E-state index is 12.6. The molecule has 0 spiro atoms. The van der Waals surface area contributed by atoms with Crippen molar-refractivity contribution in [3.63, 3.8) is 0 Å². The number of rotatable bonds is 7. The summed E-state index contributed by atoms with van der Waals surface area (Å²) >= 11 is 1.24. The first-order valence-electron chi connectivity index (χ1n) is 8.62. The number of hydrogen-bond donors (Lipinski definition) is 2. The van der Waals surface area contributed by atoms with Gasteiger partial charge in [0, 0.05) is 11.9 Å². The van der Waals surface area contributed by atoms with Crippen LogP contribution in [0.25, 0.3) is 11.6 Å². The van der Waals surface area contributed by atoms with Crippen molar-refractivity contribution in [3.05, 3.63) is 48.2 Å². The summed E-state index contributed by atoms with van der Waals surface area (Å²) in [5, 5.41) is 11.0. The normalized spacial score (nSPS) is 13.3. The second kappa shape index (κ2) is 8.23. The number of aromatic amines is 1. The van der Waals surface area contributed by atoms with Crippen LogP contribution in [0.4, 0.5) is 5.69 Å². The summed E-state index contributed by atoms with van der Waals surface area (Å²) in [4.78, 5) is 15.6. The first kappa shape index (κ1) is 18.3. The molecule has 2 unspecified atom stereocenters. The van der Waals surface area contributed by atoms with Gasteiger partial charge in [0.1, 0.15) is 5.69 Å². The Morgan fingerprint density at radius 2 is 2.04 bits per heavy atom. The number of nitrogens with one attached hydrogen (secondary N) is 2. The molecule has 0 radical (unpaired) electrons. The van der Waals surface area contributed by atoms with E-state index in [0.717, 1.165) is 23.4 Å². The summed E-state index contributed by atoms with van der Waals surface area (Å²) in [6, 6.07) is 11.6. The molecular formula is C19H22N4O2S. The van der Waals surface area contributed by atoms with Crippen molar-refractivity contribution in [3.8, 4) is 11.6 Å². The minimum Gasteiger partial charge on any atom is -0.410 e. The van der Waals surface area contributed by atoms with E-state index in [2.05, 4.69) is 40.4 Å². The topological polar surface area (TPSA) is 83.8 Å².